The number of hydrogen-bond donors (Lipinski definition) is 0. The van der Waals surface area contributed by atoms with Gasteiger partial charge in [0.15, 0.2) is 0 Å². The Morgan fingerprint density at radius 1 is 1.71 bits per heavy atom. The third kappa shape index (κ3) is 1.27. The summed E-state index contributed by atoms with van der Waals surface area (Å²) in [6.07, 6.45) is 0. The van der Waals surface area contributed by atoms with Crippen LogP contribution in [0, 0.1) is 6.92 Å². The third-order valence-corrected chi connectivity index (χ3v) is 4.01. The average molecular weight is 188 g/mol. The zero-order valence-electron chi connectivity index (χ0n) is 4.15. The predicted octanol–water partition coefficient (Wildman–Crippen LogP) is 1.20. The van der Waals surface area contributed by atoms with Gasteiger partial charge in [-0.1, -0.05) is 0 Å². The molecule has 1 atom stereocenters. The van der Waals surface area contributed by atoms with Crippen molar-refractivity contribution in [2.24, 2.45) is 0 Å². The van der Waals surface area contributed by atoms with Gasteiger partial charge < -0.3 is 0 Å². The van der Waals surface area contributed by atoms with Gasteiger partial charge in [-0.2, -0.15) is 0 Å². The Balaban J connectivity index is 3.12. The van der Waals surface area contributed by atoms with E-state index >= 15 is 0 Å². The molecule has 0 nitrogen and oxygen atoms in total. The summed E-state index contributed by atoms with van der Waals surface area (Å²) in [4.78, 5) is 0. The fourth-order valence-electron chi connectivity index (χ4n) is 0.447. The quantitative estimate of drug-likeness (QED) is 0.574. The van der Waals surface area contributed by atoms with Crippen molar-refractivity contribution in [1.82, 2.24) is 0 Å². The minimum absolute atomic E-state index is 1.00. The van der Waals surface area contributed by atoms with Gasteiger partial charge in [0.2, 0.25) is 0 Å². The molecule has 0 aliphatic rings. The van der Waals surface area contributed by atoms with Gasteiger partial charge in [0, 0.05) is 0 Å². The van der Waals surface area contributed by atoms with E-state index in [-0.39, 0.29) is 0 Å². The van der Waals surface area contributed by atoms with Gasteiger partial charge in [0.1, 0.15) is 0 Å². The van der Waals surface area contributed by atoms with Gasteiger partial charge in [-0.3, -0.25) is 0 Å². The molecule has 0 spiro atoms. The summed E-state index contributed by atoms with van der Waals surface area (Å²) in [5, 5.41) is 0. The van der Waals surface area contributed by atoms with Gasteiger partial charge in [0.25, 0.3) is 0 Å². The Kier molecular flexibility index (Phi) is 1.89. The van der Waals surface area contributed by atoms with E-state index in [1.165, 1.54) is 5.56 Å². The number of aryl methyl sites for hydroxylation is 1. The van der Waals surface area contributed by atoms with Crippen LogP contribution in [0.5, 0.6) is 0 Å². The molecule has 0 aliphatic heterocycles. The molecule has 1 unspecified atom stereocenters. The average Bonchev–Trinajstić information content (AvgIpc) is 1.91. The second-order valence-corrected chi connectivity index (χ2v) is 5.12. The van der Waals surface area contributed by atoms with Crippen molar-refractivity contribution in [3.8, 4) is 0 Å². The fraction of sp³-hybridized carbons (Fsp3) is 0.200. The number of rotatable bonds is 0. The molecule has 0 saturated carbocycles. The normalized spacial score (nSPS) is 10.3. The van der Waals surface area contributed by atoms with Crippen LogP contribution in [0.15, 0.2) is 11.9 Å². The first-order chi connectivity index (χ1) is 3.30. The van der Waals surface area contributed by atoms with Gasteiger partial charge in [-0.15, -0.1) is 0 Å². The molecule has 0 bridgehead atoms. The van der Waals surface area contributed by atoms with Gasteiger partial charge in [0.05, 0.1) is 0 Å². The van der Waals surface area contributed by atoms with Gasteiger partial charge in [-0.05, 0) is 0 Å². The molecule has 1 aromatic heterocycles. The SMILES string of the molecule is Cc1cc[pH][c]1[Zr]. The fourth-order valence-corrected chi connectivity index (χ4v) is 2.08. The van der Waals surface area contributed by atoms with Crippen molar-refractivity contribution < 1.29 is 24.7 Å². The molecular weight excluding hydrogens is 182 g/mol. The Morgan fingerprint density at radius 2 is 2.43 bits per heavy atom. The molecule has 1 aromatic rings. The topological polar surface area (TPSA) is 0 Å². The van der Waals surface area contributed by atoms with Crippen LogP contribution >= 0.6 is 8.19 Å². The van der Waals surface area contributed by atoms with Crippen molar-refractivity contribution in [2.75, 3.05) is 0 Å². The number of hydrogen-bond acceptors (Lipinski definition) is 0. The first-order valence-corrected chi connectivity index (χ1v) is 4.47. The van der Waals surface area contributed by atoms with Crippen LogP contribution in [0.4, 0.5) is 0 Å². The first-order valence-electron chi connectivity index (χ1n) is 2.16. The van der Waals surface area contributed by atoms with Crippen molar-refractivity contribution in [1.29, 1.82) is 0 Å². The van der Waals surface area contributed by atoms with Crippen LogP contribution in [0.3, 0.4) is 0 Å². The third-order valence-electron chi connectivity index (χ3n) is 0.955. The molecule has 1 rings (SSSR count). The molecular formula is C5H6PZr. The van der Waals surface area contributed by atoms with Crippen molar-refractivity contribution in [3.63, 3.8) is 0 Å². The standard InChI is InChI=1S/C5H6P.Zr/c1-5-2-3-6-4-5;/h2-3,6H,1H3;. The van der Waals surface area contributed by atoms with Crippen LogP contribution in [0.1, 0.15) is 5.56 Å². The van der Waals surface area contributed by atoms with E-state index < -0.39 is 0 Å². The van der Waals surface area contributed by atoms with Crippen molar-refractivity contribution in [2.45, 2.75) is 6.92 Å². The monoisotopic (exact) mass is 187 g/mol. The minimum atomic E-state index is 1.00. The summed E-state index contributed by atoms with van der Waals surface area (Å²) in [7, 11) is 1.00. The maximum absolute atomic E-state index is 2.25. The summed E-state index contributed by atoms with van der Waals surface area (Å²) < 4.78 is 1.63. The zero-order chi connectivity index (χ0) is 5.28. The first kappa shape index (κ1) is 5.79. The van der Waals surface area contributed by atoms with Crippen LogP contribution in [-0.4, -0.2) is 0 Å². The Labute approximate surface area is 60.3 Å². The molecule has 0 aromatic carbocycles. The molecule has 7 heavy (non-hydrogen) atoms. The van der Waals surface area contributed by atoms with E-state index in [1.54, 1.807) is 27.7 Å². The summed E-state index contributed by atoms with van der Waals surface area (Å²) in [5.74, 6) is 2.25. The molecule has 1 heterocycles. The van der Waals surface area contributed by atoms with E-state index in [0.29, 0.717) is 0 Å². The van der Waals surface area contributed by atoms with Crippen LogP contribution in [0.25, 0.3) is 0 Å². The second kappa shape index (κ2) is 2.29. The summed E-state index contributed by atoms with van der Waals surface area (Å²) >= 11 is 1.59. The summed E-state index contributed by atoms with van der Waals surface area (Å²) in [6, 6.07) is 2.21. The Hall–Kier alpha value is 0.663. The van der Waals surface area contributed by atoms with E-state index in [2.05, 4.69) is 18.8 Å². The van der Waals surface area contributed by atoms with E-state index in [4.69, 9.17) is 0 Å². The van der Waals surface area contributed by atoms with Crippen LogP contribution < -0.4 is 3.00 Å². The van der Waals surface area contributed by atoms with Gasteiger partial charge >= 0.3 is 60.3 Å². The predicted molar refractivity (Wildman–Crippen MR) is 30.3 cm³/mol. The molecule has 0 amide bonds. The molecule has 35 valence electrons. The Bertz CT molecular complexity index is 140. The van der Waals surface area contributed by atoms with Crippen LogP contribution in [-0.2, 0) is 24.7 Å². The van der Waals surface area contributed by atoms with E-state index in [0.717, 1.165) is 8.19 Å². The molecule has 0 aliphatic carbocycles. The molecule has 2 heteroatoms. The zero-order valence-corrected chi connectivity index (χ0v) is 7.61. The van der Waals surface area contributed by atoms with E-state index in [9.17, 15) is 0 Å². The molecule has 0 fully saturated rings. The van der Waals surface area contributed by atoms with Crippen LogP contribution in [0.2, 0.25) is 0 Å². The van der Waals surface area contributed by atoms with E-state index in [1.807, 2.05) is 0 Å². The maximum atomic E-state index is 2.25. The molecule has 0 radical (unpaired) electrons. The second-order valence-electron chi connectivity index (χ2n) is 1.54. The van der Waals surface area contributed by atoms with Gasteiger partial charge in [-0.25, -0.2) is 0 Å². The Morgan fingerprint density at radius 3 is 2.57 bits per heavy atom. The van der Waals surface area contributed by atoms with Crippen molar-refractivity contribution in [3.05, 3.63) is 17.4 Å². The molecule has 0 N–H and O–H groups in total. The summed E-state index contributed by atoms with van der Waals surface area (Å²) in [5.41, 5.74) is 1.50. The van der Waals surface area contributed by atoms with Crippen molar-refractivity contribution >= 4 is 11.2 Å². The summed E-state index contributed by atoms with van der Waals surface area (Å²) in [6.45, 7) is 2.18. The molecule has 0 saturated heterocycles.